The van der Waals surface area contributed by atoms with Crippen LogP contribution in [-0.2, 0) is 11.3 Å². The third-order valence-electron chi connectivity index (χ3n) is 7.08. The maximum absolute atomic E-state index is 13.9. The molecule has 5 rings (SSSR count). The van der Waals surface area contributed by atoms with Gasteiger partial charge in [-0.2, -0.15) is 0 Å². The van der Waals surface area contributed by atoms with Crippen molar-refractivity contribution in [2.75, 3.05) is 27.3 Å². The summed E-state index contributed by atoms with van der Waals surface area (Å²) in [5, 5.41) is 2.85. The Labute approximate surface area is 229 Å². The van der Waals surface area contributed by atoms with Gasteiger partial charge >= 0.3 is 0 Å². The lowest BCUT2D eigenvalue weighted by Crippen LogP contribution is -2.50. The average molecular weight is 578 g/mol. The van der Waals surface area contributed by atoms with Crippen LogP contribution in [0, 0.1) is 5.92 Å². The summed E-state index contributed by atoms with van der Waals surface area (Å²) < 4.78 is 13.2. The molecule has 2 unspecified atom stereocenters. The van der Waals surface area contributed by atoms with Crippen LogP contribution < -0.4 is 20.3 Å². The fraction of sp³-hybridized carbons (Fsp3) is 0.276. The Hall–Kier alpha value is -3.85. The topological polar surface area (TPSA) is 89.9 Å². The number of fused-ring (bicyclic) bond motifs is 4. The Morgan fingerprint density at radius 2 is 1.76 bits per heavy atom. The largest absolute Gasteiger partial charge is 0.493 e. The number of piperidine rings is 1. The standard InChI is InChI=1S/C29H28BrN3O5/c1-37-25-11-10-18(14-26(25)38-2)13-23(31-28(35)21-6-3-4-7-22(21)30)29(36)32-15-19-12-20(17-32)24-8-5-9-27(34)33(24)16-19/h3-11,13-14,19-20H,12,15-17H2,1-2H3,(H,31,35). The molecule has 2 atom stereocenters. The molecular formula is C29H28BrN3O5. The van der Waals surface area contributed by atoms with E-state index in [4.69, 9.17) is 9.47 Å². The van der Waals surface area contributed by atoms with E-state index in [1.165, 1.54) is 0 Å². The number of amides is 2. The SMILES string of the molecule is COc1ccc(C=C(NC(=O)c2ccccc2Br)C(=O)N2CC3CC(C2)c2cccc(=O)n2C3)cc1OC. The van der Waals surface area contributed by atoms with Gasteiger partial charge in [-0.05, 0) is 70.2 Å². The number of nitrogens with one attached hydrogen (secondary N) is 1. The maximum atomic E-state index is 13.9. The van der Waals surface area contributed by atoms with E-state index in [9.17, 15) is 14.4 Å². The molecule has 1 fully saturated rings. The van der Waals surface area contributed by atoms with Crippen LogP contribution in [-0.4, -0.2) is 48.6 Å². The minimum absolute atomic E-state index is 0.00767. The third kappa shape index (κ3) is 5.11. The Balaban J connectivity index is 1.48. The minimum Gasteiger partial charge on any atom is -0.493 e. The molecule has 3 aromatic rings. The van der Waals surface area contributed by atoms with Crippen molar-refractivity contribution in [3.63, 3.8) is 0 Å². The lowest BCUT2D eigenvalue weighted by atomic mass is 9.83. The lowest BCUT2D eigenvalue weighted by molar-refractivity contribution is -0.130. The molecule has 38 heavy (non-hydrogen) atoms. The van der Waals surface area contributed by atoms with Crippen LogP contribution in [0.3, 0.4) is 0 Å². The monoisotopic (exact) mass is 577 g/mol. The van der Waals surface area contributed by atoms with Crippen molar-refractivity contribution in [3.8, 4) is 11.5 Å². The molecular weight excluding hydrogens is 550 g/mol. The highest BCUT2D eigenvalue weighted by molar-refractivity contribution is 9.10. The van der Waals surface area contributed by atoms with Gasteiger partial charge < -0.3 is 24.3 Å². The molecule has 2 amide bonds. The van der Waals surface area contributed by atoms with Gasteiger partial charge in [0.2, 0.25) is 0 Å². The summed E-state index contributed by atoms with van der Waals surface area (Å²) in [5.74, 6) is 0.619. The Kier molecular flexibility index (Phi) is 7.37. The van der Waals surface area contributed by atoms with E-state index < -0.39 is 5.91 Å². The molecule has 2 bridgehead atoms. The second-order valence-corrected chi connectivity index (χ2v) is 10.4. The number of likely N-dealkylation sites (tertiary alicyclic amines) is 1. The van der Waals surface area contributed by atoms with Crippen LogP contribution in [0.15, 0.2) is 75.6 Å². The highest BCUT2D eigenvalue weighted by Crippen LogP contribution is 2.35. The number of nitrogens with zero attached hydrogens (tertiary/aromatic N) is 2. The van der Waals surface area contributed by atoms with E-state index in [1.807, 2.05) is 16.7 Å². The van der Waals surface area contributed by atoms with Gasteiger partial charge in [-0.3, -0.25) is 14.4 Å². The molecule has 0 radical (unpaired) electrons. The molecule has 1 aromatic heterocycles. The number of ether oxygens (including phenoxy) is 2. The van der Waals surface area contributed by atoms with Gasteiger partial charge in [-0.25, -0.2) is 0 Å². The summed E-state index contributed by atoms with van der Waals surface area (Å²) in [6, 6.07) is 17.7. The predicted molar refractivity (Wildman–Crippen MR) is 147 cm³/mol. The normalized spacial score (nSPS) is 18.4. The van der Waals surface area contributed by atoms with Crippen molar-refractivity contribution in [3.05, 3.63) is 98.0 Å². The van der Waals surface area contributed by atoms with E-state index in [-0.39, 0.29) is 29.0 Å². The van der Waals surface area contributed by atoms with Gasteiger partial charge in [0.15, 0.2) is 11.5 Å². The number of benzene rings is 2. The second kappa shape index (κ2) is 10.9. The smallest absolute Gasteiger partial charge is 0.270 e. The van der Waals surface area contributed by atoms with Gasteiger partial charge in [0.25, 0.3) is 17.4 Å². The first-order chi connectivity index (χ1) is 18.4. The average Bonchev–Trinajstić information content (AvgIpc) is 2.93. The zero-order chi connectivity index (χ0) is 26.8. The van der Waals surface area contributed by atoms with Gasteiger partial charge in [-0.1, -0.05) is 24.3 Å². The fourth-order valence-electron chi connectivity index (χ4n) is 5.33. The summed E-state index contributed by atoms with van der Waals surface area (Å²) in [7, 11) is 3.10. The summed E-state index contributed by atoms with van der Waals surface area (Å²) in [4.78, 5) is 41.4. The number of halogens is 1. The summed E-state index contributed by atoms with van der Waals surface area (Å²) in [6.45, 7) is 1.55. The highest BCUT2D eigenvalue weighted by Gasteiger charge is 2.37. The van der Waals surface area contributed by atoms with Crippen LogP contribution in [0.4, 0.5) is 0 Å². The quantitative estimate of drug-likeness (QED) is 0.446. The van der Waals surface area contributed by atoms with E-state index in [2.05, 4.69) is 21.2 Å². The number of hydrogen-bond donors (Lipinski definition) is 1. The van der Waals surface area contributed by atoms with Crippen LogP contribution in [0.5, 0.6) is 11.5 Å². The van der Waals surface area contributed by atoms with Crippen LogP contribution in [0.25, 0.3) is 6.08 Å². The minimum atomic E-state index is -0.397. The van der Waals surface area contributed by atoms with Crippen LogP contribution in [0.1, 0.15) is 34.0 Å². The van der Waals surface area contributed by atoms with E-state index in [0.29, 0.717) is 46.7 Å². The maximum Gasteiger partial charge on any atom is 0.270 e. The number of rotatable bonds is 6. The van der Waals surface area contributed by atoms with E-state index in [0.717, 1.165) is 12.1 Å². The summed E-state index contributed by atoms with van der Waals surface area (Å²) in [5.41, 5.74) is 2.19. The number of aromatic nitrogens is 1. The lowest BCUT2D eigenvalue weighted by Gasteiger charge is -2.43. The predicted octanol–water partition coefficient (Wildman–Crippen LogP) is 4.04. The zero-order valence-corrected chi connectivity index (χ0v) is 22.7. The Morgan fingerprint density at radius 3 is 2.53 bits per heavy atom. The summed E-state index contributed by atoms with van der Waals surface area (Å²) >= 11 is 3.42. The fourth-order valence-corrected chi connectivity index (χ4v) is 5.79. The molecule has 2 aliphatic rings. The molecule has 196 valence electrons. The molecule has 1 N–H and O–H groups in total. The number of methoxy groups -OCH3 is 2. The van der Waals surface area contributed by atoms with E-state index >= 15 is 0 Å². The third-order valence-corrected chi connectivity index (χ3v) is 7.77. The molecule has 9 heteroatoms. The molecule has 2 aromatic carbocycles. The van der Waals surface area contributed by atoms with Crippen molar-refractivity contribution < 1.29 is 19.1 Å². The van der Waals surface area contributed by atoms with Crippen LogP contribution in [0.2, 0.25) is 0 Å². The van der Waals surface area contributed by atoms with Gasteiger partial charge in [0, 0.05) is 41.8 Å². The van der Waals surface area contributed by atoms with Crippen molar-refractivity contribution in [2.45, 2.75) is 18.9 Å². The van der Waals surface area contributed by atoms with E-state index in [1.54, 1.807) is 73.7 Å². The molecule has 0 spiro atoms. The highest BCUT2D eigenvalue weighted by atomic mass is 79.9. The Morgan fingerprint density at radius 1 is 0.974 bits per heavy atom. The number of carbonyl (C=O) groups is 2. The molecule has 8 nitrogen and oxygen atoms in total. The molecule has 0 aliphatic carbocycles. The first kappa shape index (κ1) is 25.8. The van der Waals surface area contributed by atoms with Crippen molar-refractivity contribution >= 4 is 33.8 Å². The van der Waals surface area contributed by atoms with Crippen molar-refractivity contribution in [1.29, 1.82) is 0 Å². The van der Waals surface area contributed by atoms with Gasteiger partial charge in [-0.15, -0.1) is 0 Å². The zero-order valence-electron chi connectivity index (χ0n) is 21.1. The number of pyridine rings is 1. The summed E-state index contributed by atoms with van der Waals surface area (Å²) in [6.07, 6.45) is 2.58. The van der Waals surface area contributed by atoms with Crippen molar-refractivity contribution in [1.82, 2.24) is 14.8 Å². The molecule has 1 saturated heterocycles. The van der Waals surface area contributed by atoms with Gasteiger partial charge in [0.05, 0.1) is 19.8 Å². The molecule has 3 heterocycles. The first-order valence-electron chi connectivity index (χ1n) is 12.4. The Bertz CT molecular complexity index is 1480. The van der Waals surface area contributed by atoms with Crippen LogP contribution >= 0.6 is 15.9 Å². The second-order valence-electron chi connectivity index (χ2n) is 9.51. The number of carbonyl (C=O) groups excluding carboxylic acids is 2. The van der Waals surface area contributed by atoms with Crippen molar-refractivity contribution in [2.24, 2.45) is 5.92 Å². The molecule has 0 saturated carbocycles. The number of hydrogen-bond acceptors (Lipinski definition) is 5. The molecule has 2 aliphatic heterocycles. The van der Waals surface area contributed by atoms with Gasteiger partial charge in [0.1, 0.15) is 5.70 Å². The first-order valence-corrected chi connectivity index (χ1v) is 13.2.